The van der Waals surface area contributed by atoms with Gasteiger partial charge in [0, 0.05) is 6.42 Å². The van der Waals surface area contributed by atoms with Gasteiger partial charge in [-0.3, -0.25) is 19.5 Å². The zero-order valence-corrected chi connectivity index (χ0v) is 16.3. The van der Waals surface area contributed by atoms with E-state index < -0.39 is 35.2 Å². The smallest absolute Gasteiger partial charge is 0.408 e. The molecule has 1 aliphatic heterocycles. The van der Waals surface area contributed by atoms with Gasteiger partial charge in [0.15, 0.2) is 17.2 Å². The lowest BCUT2D eigenvalue weighted by molar-refractivity contribution is -0.135. The van der Waals surface area contributed by atoms with E-state index in [0.717, 1.165) is 6.07 Å². The number of nitrogens with zero attached hydrogens (tertiary/aromatic N) is 3. The summed E-state index contributed by atoms with van der Waals surface area (Å²) in [6.45, 7) is 0. The van der Waals surface area contributed by atoms with Crippen molar-refractivity contribution in [2.24, 2.45) is 0 Å². The highest BCUT2D eigenvalue weighted by Gasteiger charge is 2.31. The van der Waals surface area contributed by atoms with E-state index >= 15 is 0 Å². The molecule has 0 bridgehead atoms. The average Bonchev–Trinajstić information content (AvgIpc) is 3.34. The largest absolute Gasteiger partial charge is 0.420 e. The van der Waals surface area contributed by atoms with E-state index in [9.17, 15) is 23.2 Å². The quantitative estimate of drug-likeness (QED) is 0.484. The van der Waals surface area contributed by atoms with Crippen LogP contribution in [-0.2, 0) is 16.0 Å². The van der Waals surface area contributed by atoms with Gasteiger partial charge < -0.3 is 8.94 Å². The van der Waals surface area contributed by atoms with Crippen LogP contribution < -0.4 is 11.1 Å². The van der Waals surface area contributed by atoms with Crippen molar-refractivity contribution in [3.8, 4) is 11.4 Å². The van der Waals surface area contributed by atoms with Crippen molar-refractivity contribution >= 4 is 22.9 Å². The third-order valence-corrected chi connectivity index (χ3v) is 5.21. The van der Waals surface area contributed by atoms with Crippen LogP contribution in [0, 0.1) is 11.6 Å². The molecule has 162 valence electrons. The van der Waals surface area contributed by atoms with Crippen LogP contribution in [0.1, 0.15) is 30.3 Å². The van der Waals surface area contributed by atoms with Gasteiger partial charge in [0.2, 0.25) is 23.5 Å². The van der Waals surface area contributed by atoms with E-state index in [1.807, 2.05) is 0 Å². The second kappa shape index (κ2) is 7.52. The fourth-order valence-electron chi connectivity index (χ4n) is 3.70. The van der Waals surface area contributed by atoms with Crippen LogP contribution >= 0.6 is 0 Å². The van der Waals surface area contributed by atoms with Crippen LogP contribution in [0.3, 0.4) is 0 Å². The number of piperidine rings is 1. The molecule has 9 nitrogen and oxygen atoms in total. The summed E-state index contributed by atoms with van der Waals surface area (Å²) in [6, 6.07) is 7.67. The Labute approximate surface area is 177 Å². The maximum Gasteiger partial charge on any atom is 0.420 e. The van der Waals surface area contributed by atoms with Gasteiger partial charge in [-0.05, 0) is 36.2 Å². The van der Waals surface area contributed by atoms with E-state index in [2.05, 4.69) is 15.5 Å². The van der Waals surface area contributed by atoms with Crippen molar-refractivity contribution in [2.45, 2.75) is 25.3 Å². The molecule has 2 aromatic carbocycles. The van der Waals surface area contributed by atoms with Gasteiger partial charge in [-0.1, -0.05) is 17.3 Å². The molecule has 1 saturated heterocycles. The monoisotopic (exact) mass is 440 g/mol. The van der Waals surface area contributed by atoms with E-state index in [-0.39, 0.29) is 42.1 Å². The molecule has 11 heteroatoms. The molecule has 1 N–H and O–H groups in total. The molecule has 32 heavy (non-hydrogen) atoms. The van der Waals surface area contributed by atoms with Gasteiger partial charge in [0.1, 0.15) is 6.04 Å². The SMILES string of the molecule is O=C1CCC(n2c(=O)oc3ccc(Cc4nc(-c5cccc(F)c5F)no4)cc32)C(=O)N1. The summed E-state index contributed by atoms with van der Waals surface area (Å²) in [7, 11) is 0. The number of hydrogen-bond acceptors (Lipinski definition) is 7. The predicted octanol–water partition coefficient (Wildman–Crippen LogP) is 2.49. The van der Waals surface area contributed by atoms with E-state index in [4.69, 9.17) is 8.94 Å². The minimum Gasteiger partial charge on any atom is -0.408 e. The van der Waals surface area contributed by atoms with E-state index in [0.29, 0.717) is 11.1 Å². The van der Waals surface area contributed by atoms with Gasteiger partial charge in [0.25, 0.3) is 0 Å². The maximum absolute atomic E-state index is 14.0. The normalized spacial score (nSPS) is 16.5. The van der Waals surface area contributed by atoms with Crippen LogP contribution in [0.5, 0.6) is 0 Å². The Morgan fingerprint density at radius 3 is 2.81 bits per heavy atom. The van der Waals surface area contributed by atoms with Crippen molar-refractivity contribution in [1.82, 2.24) is 20.0 Å². The Balaban J connectivity index is 1.47. The molecule has 3 heterocycles. The number of rotatable bonds is 4. The molecule has 1 atom stereocenters. The third kappa shape index (κ3) is 3.37. The molecule has 0 aliphatic carbocycles. The summed E-state index contributed by atoms with van der Waals surface area (Å²) >= 11 is 0. The Kier molecular flexibility index (Phi) is 4.65. The van der Waals surface area contributed by atoms with Crippen LogP contribution in [0.15, 0.2) is 50.1 Å². The second-order valence-corrected chi connectivity index (χ2v) is 7.30. The highest BCUT2D eigenvalue weighted by atomic mass is 19.2. The number of aromatic nitrogens is 3. The van der Waals surface area contributed by atoms with Crippen LogP contribution in [0.2, 0.25) is 0 Å². The number of hydrogen-bond donors (Lipinski definition) is 1. The second-order valence-electron chi connectivity index (χ2n) is 7.30. The molecule has 0 spiro atoms. The van der Waals surface area contributed by atoms with Crippen molar-refractivity contribution in [2.75, 3.05) is 0 Å². The number of nitrogens with one attached hydrogen (secondary N) is 1. The summed E-state index contributed by atoms with van der Waals surface area (Å²) < 4.78 is 39.1. The van der Waals surface area contributed by atoms with Crippen LogP contribution in [0.4, 0.5) is 8.78 Å². The first kappa shape index (κ1) is 19.8. The van der Waals surface area contributed by atoms with E-state index in [1.165, 1.54) is 16.7 Å². The zero-order valence-electron chi connectivity index (χ0n) is 16.3. The minimum absolute atomic E-state index is 0.0955. The predicted molar refractivity (Wildman–Crippen MR) is 104 cm³/mol. The standard InChI is InChI=1S/C21H14F2N4O5/c22-12-3-1-2-11(18(12)23)19-25-17(32-26-19)9-10-4-6-15-14(8-10)27(21(30)31-15)13-5-7-16(28)24-20(13)29/h1-4,6,8,13H,5,7,9H2,(H,24,28,29). The van der Waals surface area contributed by atoms with Gasteiger partial charge in [0.05, 0.1) is 17.5 Å². The number of imide groups is 1. The molecule has 2 aromatic heterocycles. The Hall–Kier alpha value is -4.15. The Morgan fingerprint density at radius 2 is 2.00 bits per heavy atom. The lowest BCUT2D eigenvalue weighted by atomic mass is 10.1. The van der Waals surface area contributed by atoms with Gasteiger partial charge in [-0.15, -0.1) is 0 Å². The molecule has 4 aromatic rings. The fourth-order valence-corrected chi connectivity index (χ4v) is 3.70. The molecule has 0 radical (unpaired) electrons. The number of fused-ring (bicyclic) bond motifs is 1. The Morgan fingerprint density at radius 1 is 1.16 bits per heavy atom. The first-order valence-corrected chi connectivity index (χ1v) is 9.65. The summed E-state index contributed by atoms with van der Waals surface area (Å²) in [5.41, 5.74) is 1.17. The first-order chi connectivity index (χ1) is 15.4. The third-order valence-electron chi connectivity index (χ3n) is 5.21. The first-order valence-electron chi connectivity index (χ1n) is 9.65. The number of carbonyl (C=O) groups is 2. The maximum atomic E-state index is 14.0. The zero-order chi connectivity index (χ0) is 22.4. The van der Waals surface area contributed by atoms with Crippen molar-refractivity contribution in [1.29, 1.82) is 0 Å². The lowest BCUT2D eigenvalue weighted by Gasteiger charge is -2.21. The highest BCUT2D eigenvalue weighted by Crippen LogP contribution is 2.26. The topological polar surface area (TPSA) is 120 Å². The van der Waals surface area contributed by atoms with Gasteiger partial charge >= 0.3 is 5.76 Å². The fraction of sp³-hybridized carbons (Fsp3) is 0.190. The summed E-state index contributed by atoms with van der Waals surface area (Å²) in [4.78, 5) is 40.2. The minimum atomic E-state index is -1.08. The molecule has 1 aliphatic rings. The number of carbonyl (C=O) groups excluding carboxylic acids is 2. The molecular formula is C21H14F2N4O5. The average molecular weight is 440 g/mol. The summed E-state index contributed by atoms with van der Waals surface area (Å²) in [6.07, 6.45) is 0.418. The molecular weight excluding hydrogens is 426 g/mol. The lowest BCUT2D eigenvalue weighted by Crippen LogP contribution is -2.43. The van der Waals surface area contributed by atoms with Crippen molar-refractivity contribution in [3.63, 3.8) is 0 Å². The molecule has 2 amide bonds. The van der Waals surface area contributed by atoms with Crippen LogP contribution in [0.25, 0.3) is 22.5 Å². The molecule has 1 fully saturated rings. The van der Waals surface area contributed by atoms with Gasteiger partial charge in [-0.25, -0.2) is 13.6 Å². The summed E-state index contributed by atoms with van der Waals surface area (Å²) in [5.74, 6) is -3.74. The van der Waals surface area contributed by atoms with Crippen LogP contribution in [-0.4, -0.2) is 26.5 Å². The number of benzene rings is 2. The van der Waals surface area contributed by atoms with Gasteiger partial charge in [-0.2, -0.15) is 4.98 Å². The van der Waals surface area contributed by atoms with Crippen molar-refractivity contribution in [3.05, 3.63) is 70.0 Å². The highest BCUT2D eigenvalue weighted by molar-refractivity contribution is 6.00. The molecule has 5 rings (SSSR count). The van der Waals surface area contributed by atoms with E-state index in [1.54, 1.807) is 18.2 Å². The Bertz CT molecular complexity index is 1440. The number of oxazole rings is 1. The molecule has 1 unspecified atom stereocenters. The number of halogens is 2. The summed E-state index contributed by atoms with van der Waals surface area (Å²) in [5, 5.41) is 5.93. The molecule has 0 saturated carbocycles. The van der Waals surface area contributed by atoms with Crippen molar-refractivity contribution < 1.29 is 27.3 Å². The number of amides is 2.